The van der Waals surface area contributed by atoms with Gasteiger partial charge in [0.1, 0.15) is 6.29 Å². The molecule has 0 radical (unpaired) electrons. The molecule has 0 aromatic heterocycles. The fourth-order valence-electron chi connectivity index (χ4n) is 2.41. The summed E-state index contributed by atoms with van der Waals surface area (Å²) in [6.45, 7) is 13.8. The van der Waals surface area contributed by atoms with Crippen LogP contribution in [-0.4, -0.2) is 101 Å². The molecule has 2 heterocycles. The van der Waals surface area contributed by atoms with Crippen molar-refractivity contribution in [2.45, 2.75) is 27.6 Å². The molecule has 2 saturated heterocycles. The second-order valence-electron chi connectivity index (χ2n) is 5.33. The second kappa shape index (κ2) is 15.9. The standard InChI is InChI=1S/C10H21NO3.C6H11NO2.CH4/c1-3-13-10(14-4-2)9-11-5-7-12-8-6-11;8-4-1-7-2-5-9-6-3-7;/h10H,3-9H2,1-2H3;4H,1-3,5-6H2;1H4. The monoisotopic (exact) mass is 348 g/mol. The third kappa shape index (κ3) is 11.1. The van der Waals surface area contributed by atoms with Crippen LogP contribution in [0, 0.1) is 0 Å². The topological polar surface area (TPSA) is 60.5 Å². The highest BCUT2D eigenvalue weighted by atomic mass is 16.7. The van der Waals surface area contributed by atoms with Crippen molar-refractivity contribution in [2.75, 3.05) is 78.9 Å². The van der Waals surface area contributed by atoms with Crippen molar-refractivity contribution in [3.05, 3.63) is 0 Å². The molecule has 7 nitrogen and oxygen atoms in total. The first-order chi connectivity index (χ1) is 11.3. The number of hydrogen-bond acceptors (Lipinski definition) is 7. The number of ether oxygens (including phenoxy) is 4. The van der Waals surface area contributed by atoms with Gasteiger partial charge < -0.3 is 23.7 Å². The van der Waals surface area contributed by atoms with Crippen molar-refractivity contribution in [1.82, 2.24) is 9.80 Å². The molecule has 144 valence electrons. The Morgan fingerprint density at radius 3 is 1.79 bits per heavy atom. The zero-order valence-electron chi connectivity index (χ0n) is 14.6. The Morgan fingerprint density at radius 1 is 0.917 bits per heavy atom. The first kappa shape index (κ1) is 23.4. The molecular weight excluding hydrogens is 312 g/mol. The zero-order chi connectivity index (χ0) is 16.8. The SMILES string of the molecule is C.CCOC(CN1CCOCC1)OCC.O=CCN1CCOCC1. The number of carbonyl (C=O) groups excluding carboxylic acids is 1. The van der Waals surface area contributed by atoms with Crippen LogP contribution in [-0.2, 0) is 23.7 Å². The summed E-state index contributed by atoms with van der Waals surface area (Å²) in [5.74, 6) is 0. The number of nitrogens with zero attached hydrogens (tertiary/aromatic N) is 2. The lowest BCUT2D eigenvalue weighted by atomic mass is 10.4. The minimum absolute atomic E-state index is 0. The highest BCUT2D eigenvalue weighted by molar-refractivity contribution is 5.51. The van der Waals surface area contributed by atoms with Crippen LogP contribution in [0.5, 0.6) is 0 Å². The third-order valence-corrected chi connectivity index (χ3v) is 3.65. The van der Waals surface area contributed by atoms with Crippen molar-refractivity contribution in [3.63, 3.8) is 0 Å². The Morgan fingerprint density at radius 2 is 1.38 bits per heavy atom. The minimum Gasteiger partial charge on any atom is -0.379 e. The molecule has 0 amide bonds. The van der Waals surface area contributed by atoms with E-state index >= 15 is 0 Å². The van der Waals surface area contributed by atoms with Crippen LogP contribution in [0.25, 0.3) is 0 Å². The largest absolute Gasteiger partial charge is 0.379 e. The molecule has 0 unspecified atom stereocenters. The van der Waals surface area contributed by atoms with Crippen LogP contribution in [0.4, 0.5) is 0 Å². The molecule has 0 saturated carbocycles. The van der Waals surface area contributed by atoms with E-state index < -0.39 is 0 Å². The maximum Gasteiger partial charge on any atom is 0.170 e. The molecule has 0 atom stereocenters. The van der Waals surface area contributed by atoms with Crippen molar-refractivity contribution in [3.8, 4) is 0 Å². The molecule has 24 heavy (non-hydrogen) atoms. The van der Waals surface area contributed by atoms with Crippen molar-refractivity contribution in [2.24, 2.45) is 0 Å². The highest BCUT2D eigenvalue weighted by Crippen LogP contribution is 2.02. The summed E-state index contributed by atoms with van der Waals surface area (Å²) < 4.78 is 21.3. The van der Waals surface area contributed by atoms with Gasteiger partial charge >= 0.3 is 0 Å². The molecule has 2 aliphatic heterocycles. The van der Waals surface area contributed by atoms with E-state index in [1.807, 2.05) is 13.8 Å². The highest BCUT2D eigenvalue weighted by Gasteiger charge is 2.16. The molecule has 0 aliphatic carbocycles. The number of carbonyl (C=O) groups is 1. The summed E-state index contributed by atoms with van der Waals surface area (Å²) in [5.41, 5.74) is 0. The van der Waals surface area contributed by atoms with Gasteiger partial charge in [0.2, 0.25) is 0 Å². The number of hydrogen-bond donors (Lipinski definition) is 0. The van der Waals surface area contributed by atoms with Crippen LogP contribution in [0.2, 0.25) is 0 Å². The smallest absolute Gasteiger partial charge is 0.170 e. The van der Waals surface area contributed by atoms with Crippen molar-refractivity contribution in [1.29, 1.82) is 0 Å². The van der Waals surface area contributed by atoms with Crippen molar-refractivity contribution < 1.29 is 23.7 Å². The van der Waals surface area contributed by atoms with Crippen LogP contribution < -0.4 is 0 Å². The Hall–Kier alpha value is -0.570. The summed E-state index contributed by atoms with van der Waals surface area (Å²) in [4.78, 5) is 14.4. The Bertz CT molecular complexity index is 276. The first-order valence-electron chi connectivity index (χ1n) is 8.57. The molecule has 0 spiro atoms. The van der Waals surface area contributed by atoms with Crippen LogP contribution in [0.3, 0.4) is 0 Å². The van der Waals surface area contributed by atoms with Gasteiger partial charge in [-0.25, -0.2) is 0 Å². The molecule has 2 fully saturated rings. The Balaban J connectivity index is 0.000000460. The minimum atomic E-state index is -0.0805. The van der Waals surface area contributed by atoms with Crippen LogP contribution in [0.1, 0.15) is 21.3 Å². The molecule has 0 aromatic carbocycles. The fourth-order valence-corrected chi connectivity index (χ4v) is 2.41. The predicted octanol–water partition coefficient (Wildman–Crippen LogP) is 0.871. The van der Waals surface area contributed by atoms with E-state index in [9.17, 15) is 4.79 Å². The summed E-state index contributed by atoms with van der Waals surface area (Å²) in [6.07, 6.45) is 0.855. The quantitative estimate of drug-likeness (QED) is 0.476. The molecule has 7 heteroatoms. The van der Waals surface area contributed by atoms with E-state index in [0.29, 0.717) is 19.8 Å². The predicted molar refractivity (Wildman–Crippen MR) is 94.4 cm³/mol. The number of aldehydes is 1. The average Bonchev–Trinajstić information content (AvgIpc) is 2.58. The Kier molecular flexibility index (Phi) is 15.6. The van der Waals surface area contributed by atoms with Gasteiger partial charge in [0.25, 0.3) is 0 Å². The lowest BCUT2D eigenvalue weighted by Gasteiger charge is -2.29. The number of morpholine rings is 2. The fraction of sp³-hybridized carbons (Fsp3) is 0.941. The number of rotatable bonds is 8. The lowest BCUT2D eigenvalue weighted by Crippen LogP contribution is -2.42. The maximum absolute atomic E-state index is 9.99. The molecule has 0 N–H and O–H groups in total. The van der Waals surface area contributed by atoms with E-state index in [1.54, 1.807) is 0 Å². The van der Waals surface area contributed by atoms with E-state index in [2.05, 4.69) is 9.80 Å². The molecule has 2 aliphatic rings. The molecule has 0 aromatic rings. The van der Waals surface area contributed by atoms with Gasteiger partial charge in [-0.15, -0.1) is 0 Å². The first-order valence-corrected chi connectivity index (χ1v) is 8.57. The summed E-state index contributed by atoms with van der Waals surface area (Å²) in [6, 6.07) is 0. The summed E-state index contributed by atoms with van der Waals surface area (Å²) in [5, 5.41) is 0. The van der Waals surface area contributed by atoms with Crippen molar-refractivity contribution >= 4 is 6.29 Å². The second-order valence-corrected chi connectivity index (χ2v) is 5.33. The molecule has 2 rings (SSSR count). The van der Waals surface area contributed by atoms with Gasteiger partial charge in [-0.1, -0.05) is 7.43 Å². The van der Waals surface area contributed by atoms with Gasteiger partial charge in [0, 0.05) is 45.9 Å². The molecule has 0 bridgehead atoms. The van der Waals surface area contributed by atoms with Gasteiger partial charge in [-0.3, -0.25) is 9.80 Å². The van der Waals surface area contributed by atoms with Gasteiger partial charge in [0.05, 0.1) is 33.0 Å². The van der Waals surface area contributed by atoms with E-state index in [4.69, 9.17) is 18.9 Å². The van der Waals surface area contributed by atoms with Gasteiger partial charge in [-0.2, -0.15) is 0 Å². The van der Waals surface area contributed by atoms with Gasteiger partial charge in [-0.05, 0) is 13.8 Å². The van der Waals surface area contributed by atoms with E-state index in [-0.39, 0.29) is 13.7 Å². The normalized spacial score (nSPS) is 19.3. The summed E-state index contributed by atoms with van der Waals surface area (Å²) in [7, 11) is 0. The lowest BCUT2D eigenvalue weighted by molar-refractivity contribution is -0.152. The molecular formula is C17H36N2O5. The summed E-state index contributed by atoms with van der Waals surface area (Å²) >= 11 is 0. The Labute approximate surface area is 147 Å². The van der Waals surface area contributed by atoms with Gasteiger partial charge in [0.15, 0.2) is 6.29 Å². The van der Waals surface area contributed by atoms with Crippen LogP contribution in [0.15, 0.2) is 0 Å². The zero-order valence-corrected chi connectivity index (χ0v) is 14.6. The third-order valence-electron chi connectivity index (χ3n) is 3.65. The average molecular weight is 348 g/mol. The van der Waals surface area contributed by atoms with E-state index in [0.717, 1.165) is 65.4 Å². The van der Waals surface area contributed by atoms with E-state index in [1.165, 1.54) is 0 Å². The maximum atomic E-state index is 9.99. The van der Waals surface area contributed by atoms with Crippen LogP contribution >= 0.6 is 0 Å².